The Labute approximate surface area is 177 Å². The molecule has 5 rings (SSSR count). The van der Waals surface area contributed by atoms with E-state index in [1.165, 1.54) is 16.8 Å². The quantitative estimate of drug-likeness (QED) is 0.642. The summed E-state index contributed by atoms with van der Waals surface area (Å²) in [6.45, 7) is 2.16. The van der Waals surface area contributed by atoms with Crippen LogP contribution < -0.4 is 15.0 Å². The van der Waals surface area contributed by atoms with E-state index in [9.17, 15) is 13.6 Å². The number of rotatable bonds is 1. The number of nitrogens with zero attached hydrogens (tertiary/aromatic N) is 5. The van der Waals surface area contributed by atoms with Gasteiger partial charge in [-0.1, -0.05) is 6.92 Å². The summed E-state index contributed by atoms with van der Waals surface area (Å²) in [4.78, 5) is 23.6. The molecular weight excluding hydrogens is 406 g/mol. The summed E-state index contributed by atoms with van der Waals surface area (Å²) in [6.07, 6.45) is 5.00. The van der Waals surface area contributed by atoms with E-state index in [1.807, 2.05) is 13.0 Å². The highest BCUT2D eigenvalue weighted by atomic mass is 19.1. The lowest BCUT2D eigenvalue weighted by molar-refractivity contribution is 0.0932. The van der Waals surface area contributed by atoms with Crippen LogP contribution in [-0.4, -0.2) is 51.4 Å². The highest BCUT2D eigenvalue weighted by Crippen LogP contribution is 2.46. The van der Waals surface area contributed by atoms with Crippen molar-refractivity contribution in [3.8, 4) is 5.88 Å². The Balaban J connectivity index is 1.73. The summed E-state index contributed by atoms with van der Waals surface area (Å²) in [5.74, 6) is -0.0823. The zero-order valence-corrected chi connectivity index (χ0v) is 17.0. The van der Waals surface area contributed by atoms with Gasteiger partial charge in [-0.3, -0.25) is 4.79 Å². The zero-order chi connectivity index (χ0) is 21.6. The first kappa shape index (κ1) is 19.7. The minimum atomic E-state index is -1.46. The Bertz CT molecular complexity index is 1150. The summed E-state index contributed by atoms with van der Waals surface area (Å²) >= 11 is 0. The summed E-state index contributed by atoms with van der Waals surface area (Å²) in [5.41, 5.74) is 0.611. The first-order chi connectivity index (χ1) is 15.0. The zero-order valence-electron chi connectivity index (χ0n) is 17.0. The molecule has 5 heterocycles. The topological polar surface area (TPSA) is 84.7 Å². The smallest absolute Gasteiger partial charge is 0.256 e. The van der Waals surface area contributed by atoms with Gasteiger partial charge in [-0.25, -0.2) is 23.3 Å². The van der Waals surface area contributed by atoms with E-state index >= 15 is 0 Å². The lowest BCUT2D eigenvalue weighted by atomic mass is 9.85. The third-order valence-corrected chi connectivity index (χ3v) is 6.15. The van der Waals surface area contributed by atoms with Gasteiger partial charge in [-0.2, -0.15) is 5.10 Å². The van der Waals surface area contributed by atoms with Gasteiger partial charge >= 0.3 is 0 Å². The molecule has 2 aliphatic rings. The van der Waals surface area contributed by atoms with Crippen LogP contribution in [0.5, 0.6) is 5.88 Å². The molecule has 31 heavy (non-hydrogen) atoms. The monoisotopic (exact) mass is 428 g/mol. The number of pyridine rings is 1. The maximum atomic E-state index is 14.5. The number of carbonyl (C=O) groups excluding carboxylic acids is 1. The summed E-state index contributed by atoms with van der Waals surface area (Å²) in [6, 6.07) is 3.25. The van der Waals surface area contributed by atoms with Crippen LogP contribution in [0, 0.1) is 5.82 Å². The molecule has 1 saturated heterocycles. The second kappa shape index (κ2) is 7.44. The molecule has 10 heteroatoms. The molecule has 3 aromatic heterocycles. The van der Waals surface area contributed by atoms with Crippen molar-refractivity contribution in [1.29, 1.82) is 0 Å². The van der Waals surface area contributed by atoms with Gasteiger partial charge in [0.1, 0.15) is 23.8 Å². The lowest BCUT2D eigenvalue weighted by Crippen LogP contribution is -2.42. The molecule has 0 saturated carbocycles. The molecule has 0 radical (unpaired) electrons. The molecule has 1 amide bonds. The van der Waals surface area contributed by atoms with Crippen molar-refractivity contribution < 1.29 is 18.3 Å². The van der Waals surface area contributed by atoms with Gasteiger partial charge in [0.05, 0.1) is 24.5 Å². The number of hydrogen-bond acceptors (Lipinski definition) is 6. The minimum absolute atomic E-state index is 0.201. The van der Waals surface area contributed by atoms with Gasteiger partial charge in [0.2, 0.25) is 5.88 Å². The molecule has 2 atom stereocenters. The van der Waals surface area contributed by atoms with E-state index in [0.717, 1.165) is 19.0 Å². The normalized spacial score (nSPS) is 23.8. The van der Waals surface area contributed by atoms with Gasteiger partial charge < -0.3 is 15.0 Å². The number of ether oxygens (including phenoxy) is 1. The SMILES string of the molecule is CC[C@]12CCCN1c1ccn3ncc(c3n1)C(=O)NCC(F)COc1ncc(F)cc12. The highest BCUT2D eigenvalue weighted by molar-refractivity contribution is 5.99. The molecule has 2 aliphatic heterocycles. The van der Waals surface area contributed by atoms with Crippen molar-refractivity contribution in [2.45, 2.75) is 37.9 Å². The van der Waals surface area contributed by atoms with Gasteiger partial charge in [0, 0.05) is 18.3 Å². The number of amides is 1. The second-order valence-electron chi connectivity index (χ2n) is 7.88. The van der Waals surface area contributed by atoms with Crippen LogP contribution in [-0.2, 0) is 5.54 Å². The first-order valence-electron chi connectivity index (χ1n) is 10.3. The molecule has 3 aromatic rings. The Morgan fingerprint density at radius 3 is 3.10 bits per heavy atom. The molecule has 1 fully saturated rings. The van der Waals surface area contributed by atoms with Gasteiger partial charge in [0.25, 0.3) is 5.91 Å². The van der Waals surface area contributed by atoms with Crippen LogP contribution in [0.15, 0.2) is 30.7 Å². The fourth-order valence-corrected chi connectivity index (χ4v) is 4.62. The Morgan fingerprint density at radius 1 is 1.39 bits per heavy atom. The van der Waals surface area contributed by atoms with Crippen LogP contribution in [0.2, 0.25) is 0 Å². The number of anilines is 1. The second-order valence-corrected chi connectivity index (χ2v) is 7.88. The lowest BCUT2D eigenvalue weighted by Gasteiger charge is -2.39. The number of aromatic nitrogens is 4. The van der Waals surface area contributed by atoms with Crippen LogP contribution in [0.4, 0.5) is 14.6 Å². The van der Waals surface area contributed by atoms with Gasteiger partial charge in [-0.15, -0.1) is 0 Å². The highest BCUT2D eigenvalue weighted by Gasteiger charge is 2.44. The number of nitrogens with one attached hydrogen (secondary N) is 1. The summed E-state index contributed by atoms with van der Waals surface area (Å²) in [5, 5.41) is 6.75. The number of halogens is 2. The first-order valence-corrected chi connectivity index (χ1v) is 10.3. The van der Waals surface area contributed by atoms with E-state index in [0.29, 0.717) is 30.0 Å². The van der Waals surface area contributed by atoms with Crippen molar-refractivity contribution in [3.05, 3.63) is 47.7 Å². The van der Waals surface area contributed by atoms with E-state index in [4.69, 9.17) is 9.72 Å². The third-order valence-electron chi connectivity index (χ3n) is 6.15. The number of alkyl halides is 1. The van der Waals surface area contributed by atoms with Crippen molar-refractivity contribution >= 4 is 17.4 Å². The van der Waals surface area contributed by atoms with Crippen molar-refractivity contribution in [2.24, 2.45) is 0 Å². The maximum absolute atomic E-state index is 14.5. The largest absolute Gasteiger partial charge is 0.474 e. The molecule has 1 unspecified atom stereocenters. The number of carbonyl (C=O) groups is 1. The van der Waals surface area contributed by atoms with Gasteiger partial charge in [0.15, 0.2) is 11.8 Å². The van der Waals surface area contributed by atoms with Crippen LogP contribution in [0.1, 0.15) is 42.1 Å². The molecular formula is C21H22F2N6O2. The Hall–Kier alpha value is -3.30. The number of fused-ring (bicyclic) bond motifs is 5. The molecule has 8 nitrogen and oxygen atoms in total. The molecule has 162 valence electrons. The van der Waals surface area contributed by atoms with Crippen molar-refractivity contribution in [2.75, 3.05) is 24.6 Å². The third kappa shape index (κ3) is 3.17. The van der Waals surface area contributed by atoms with Crippen LogP contribution in [0.3, 0.4) is 0 Å². The predicted molar refractivity (Wildman–Crippen MR) is 108 cm³/mol. The Kier molecular flexibility index (Phi) is 4.71. The summed E-state index contributed by atoms with van der Waals surface area (Å²) in [7, 11) is 0. The standard InChI is InChI=1S/C21H22F2N6O2/c1-2-21-5-3-6-28(21)17-4-7-29-18(27-17)15(11-26-29)19(30)24-10-14(23)12-31-20-16(21)8-13(22)9-25-20/h4,7-9,11,14H,2-3,5-6,10,12H2,1H3,(H,24,30)/t14?,21-/m1/s1. The summed E-state index contributed by atoms with van der Waals surface area (Å²) < 4.78 is 36.0. The van der Waals surface area contributed by atoms with E-state index in [-0.39, 0.29) is 24.6 Å². The van der Waals surface area contributed by atoms with Crippen LogP contribution in [0.25, 0.3) is 5.65 Å². The van der Waals surface area contributed by atoms with Gasteiger partial charge in [-0.05, 0) is 31.4 Å². The minimum Gasteiger partial charge on any atom is -0.474 e. The van der Waals surface area contributed by atoms with Crippen molar-refractivity contribution in [1.82, 2.24) is 24.9 Å². The predicted octanol–water partition coefficient (Wildman–Crippen LogP) is 2.63. The fourth-order valence-electron chi connectivity index (χ4n) is 4.62. The van der Waals surface area contributed by atoms with Crippen molar-refractivity contribution in [3.63, 3.8) is 0 Å². The Morgan fingerprint density at radius 2 is 2.26 bits per heavy atom. The fraction of sp³-hybridized carbons (Fsp3) is 0.429. The molecule has 2 bridgehead atoms. The van der Waals surface area contributed by atoms with Crippen LogP contribution >= 0.6 is 0 Å². The van der Waals surface area contributed by atoms with E-state index in [1.54, 1.807) is 6.20 Å². The van der Waals surface area contributed by atoms with E-state index in [2.05, 4.69) is 20.3 Å². The average Bonchev–Trinajstić information content (AvgIpc) is 3.40. The average molecular weight is 428 g/mol. The molecule has 0 aromatic carbocycles. The molecule has 0 aliphatic carbocycles. The number of hydrogen-bond donors (Lipinski definition) is 1. The molecule has 1 N–H and O–H groups in total. The maximum Gasteiger partial charge on any atom is 0.256 e. The molecule has 0 spiro atoms. The van der Waals surface area contributed by atoms with E-state index < -0.39 is 23.4 Å².